The first-order valence-corrected chi connectivity index (χ1v) is 12.0. The van der Waals surface area contributed by atoms with Crippen molar-refractivity contribution in [3.8, 4) is 0 Å². The molecule has 0 aliphatic carbocycles. The standard InChI is InChI=1S/C20H35NOSi/c1-16-13-18(15-22-23(6,7)20(3,4)5)14-21(16)17(2)19-11-9-8-10-12-19/h8-12,16-18H,13-15H2,1-7H3/t16?,17-,18?/m0/s1. The van der Waals surface area contributed by atoms with E-state index in [1.165, 1.54) is 12.0 Å². The lowest BCUT2D eigenvalue weighted by Crippen LogP contribution is -2.42. The summed E-state index contributed by atoms with van der Waals surface area (Å²) in [5.74, 6) is 0.672. The van der Waals surface area contributed by atoms with Crippen molar-refractivity contribution < 1.29 is 4.43 Å². The molecule has 1 aliphatic heterocycles. The van der Waals surface area contributed by atoms with Crippen LogP contribution in [-0.4, -0.2) is 32.4 Å². The third kappa shape index (κ3) is 4.46. The zero-order valence-electron chi connectivity index (χ0n) is 16.1. The number of rotatable bonds is 5. The molecule has 2 rings (SSSR count). The molecule has 2 unspecified atom stereocenters. The van der Waals surface area contributed by atoms with Gasteiger partial charge in [0, 0.05) is 25.2 Å². The van der Waals surface area contributed by atoms with Crippen LogP contribution in [0.1, 0.15) is 52.6 Å². The van der Waals surface area contributed by atoms with Crippen LogP contribution in [0.2, 0.25) is 18.1 Å². The van der Waals surface area contributed by atoms with Crippen molar-refractivity contribution >= 4 is 8.32 Å². The Kier molecular flexibility index (Phi) is 5.75. The van der Waals surface area contributed by atoms with Crippen molar-refractivity contribution in [3.63, 3.8) is 0 Å². The molecule has 1 aliphatic rings. The lowest BCUT2D eigenvalue weighted by molar-refractivity contribution is 0.186. The molecular weight excluding hydrogens is 298 g/mol. The van der Waals surface area contributed by atoms with Gasteiger partial charge in [0.05, 0.1) is 0 Å². The van der Waals surface area contributed by atoms with Gasteiger partial charge in [-0.15, -0.1) is 0 Å². The minimum Gasteiger partial charge on any atom is -0.416 e. The predicted molar refractivity (Wildman–Crippen MR) is 102 cm³/mol. The molecule has 2 nitrogen and oxygen atoms in total. The van der Waals surface area contributed by atoms with Crippen LogP contribution in [0.5, 0.6) is 0 Å². The molecule has 0 spiro atoms. The summed E-state index contributed by atoms with van der Waals surface area (Å²) in [6.45, 7) is 18.5. The fourth-order valence-electron chi connectivity index (χ4n) is 3.30. The number of nitrogens with zero attached hydrogens (tertiary/aromatic N) is 1. The molecule has 1 heterocycles. The van der Waals surface area contributed by atoms with Gasteiger partial charge in [0.1, 0.15) is 0 Å². The number of hydrogen-bond donors (Lipinski definition) is 0. The molecule has 0 bridgehead atoms. The first-order chi connectivity index (χ1) is 10.6. The van der Waals surface area contributed by atoms with E-state index in [0.29, 0.717) is 23.0 Å². The molecule has 0 radical (unpaired) electrons. The molecule has 3 atom stereocenters. The van der Waals surface area contributed by atoms with E-state index in [1.54, 1.807) is 0 Å². The number of likely N-dealkylation sites (tertiary alicyclic amines) is 1. The first kappa shape index (κ1) is 18.7. The molecule has 0 aromatic heterocycles. The van der Waals surface area contributed by atoms with Crippen LogP contribution in [0.15, 0.2) is 30.3 Å². The third-order valence-corrected chi connectivity index (χ3v) is 10.5. The van der Waals surface area contributed by atoms with Crippen molar-refractivity contribution in [1.82, 2.24) is 4.90 Å². The van der Waals surface area contributed by atoms with Crippen LogP contribution >= 0.6 is 0 Å². The Balaban J connectivity index is 1.94. The molecular formula is C20H35NOSi. The van der Waals surface area contributed by atoms with E-state index in [0.717, 1.165) is 13.2 Å². The summed E-state index contributed by atoms with van der Waals surface area (Å²) in [6, 6.07) is 12.0. The van der Waals surface area contributed by atoms with Crippen LogP contribution in [0.25, 0.3) is 0 Å². The van der Waals surface area contributed by atoms with Gasteiger partial charge in [-0.1, -0.05) is 51.1 Å². The SMILES string of the molecule is CC1CC(CO[Si](C)(C)C(C)(C)C)CN1[C@@H](C)c1ccccc1. The van der Waals surface area contributed by atoms with E-state index in [1.807, 2.05) is 0 Å². The first-order valence-electron chi connectivity index (χ1n) is 9.06. The summed E-state index contributed by atoms with van der Waals surface area (Å²) in [7, 11) is -1.63. The molecule has 0 saturated carbocycles. The number of hydrogen-bond acceptors (Lipinski definition) is 2. The second-order valence-electron chi connectivity index (χ2n) is 8.81. The predicted octanol–water partition coefficient (Wildman–Crippen LogP) is 5.48. The van der Waals surface area contributed by atoms with E-state index >= 15 is 0 Å². The summed E-state index contributed by atoms with van der Waals surface area (Å²) in [5.41, 5.74) is 1.42. The quantitative estimate of drug-likeness (QED) is 0.662. The lowest BCUT2D eigenvalue weighted by Gasteiger charge is -2.37. The Morgan fingerprint density at radius 1 is 1.22 bits per heavy atom. The third-order valence-electron chi connectivity index (χ3n) is 5.98. The average molecular weight is 334 g/mol. The zero-order chi connectivity index (χ0) is 17.3. The average Bonchev–Trinajstić information content (AvgIpc) is 2.85. The summed E-state index contributed by atoms with van der Waals surface area (Å²) < 4.78 is 6.47. The summed E-state index contributed by atoms with van der Waals surface area (Å²) in [6.07, 6.45) is 1.26. The molecule has 0 amide bonds. The van der Waals surface area contributed by atoms with Gasteiger partial charge < -0.3 is 4.43 Å². The van der Waals surface area contributed by atoms with E-state index in [2.05, 4.69) is 82.9 Å². The van der Waals surface area contributed by atoms with Gasteiger partial charge in [0.15, 0.2) is 8.32 Å². The normalized spacial score (nSPS) is 24.8. The molecule has 1 aromatic carbocycles. The summed E-state index contributed by atoms with van der Waals surface area (Å²) in [4.78, 5) is 2.65. The van der Waals surface area contributed by atoms with Crippen molar-refractivity contribution in [2.45, 2.75) is 71.3 Å². The summed E-state index contributed by atoms with van der Waals surface area (Å²) >= 11 is 0. The lowest BCUT2D eigenvalue weighted by atomic mass is 10.1. The topological polar surface area (TPSA) is 12.5 Å². The van der Waals surface area contributed by atoms with Gasteiger partial charge in [-0.25, -0.2) is 0 Å². The minimum atomic E-state index is -1.63. The maximum absolute atomic E-state index is 6.47. The highest BCUT2D eigenvalue weighted by Crippen LogP contribution is 2.38. The molecule has 1 fully saturated rings. The maximum Gasteiger partial charge on any atom is 0.191 e. The highest BCUT2D eigenvalue weighted by molar-refractivity contribution is 6.74. The Bertz CT molecular complexity index is 494. The van der Waals surface area contributed by atoms with Gasteiger partial charge in [-0.05, 0) is 49.9 Å². The van der Waals surface area contributed by atoms with Crippen molar-refractivity contribution in [2.24, 2.45) is 5.92 Å². The Morgan fingerprint density at radius 2 is 1.83 bits per heavy atom. The molecule has 1 saturated heterocycles. The molecule has 130 valence electrons. The van der Waals surface area contributed by atoms with Crippen LogP contribution in [-0.2, 0) is 4.43 Å². The monoisotopic (exact) mass is 333 g/mol. The van der Waals surface area contributed by atoms with Crippen LogP contribution in [0.4, 0.5) is 0 Å². The van der Waals surface area contributed by atoms with Crippen LogP contribution in [0.3, 0.4) is 0 Å². The van der Waals surface area contributed by atoms with Crippen molar-refractivity contribution in [3.05, 3.63) is 35.9 Å². The largest absolute Gasteiger partial charge is 0.416 e. The van der Waals surface area contributed by atoms with Gasteiger partial charge in [-0.2, -0.15) is 0 Å². The van der Waals surface area contributed by atoms with E-state index in [9.17, 15) is 0 Å². The maximum atomic E-state index is 6.47. The van der Waals surface area contributed by atoms with Crippen molar-refractivity contribution in [2.75, 3.05) is 13.2 Å². The van der Waals surface area contributed by atoms with Gasteiger partial charge in [0.25, 0.3) is 0 Å². The number of benzene rings is 1. The molecule has 1 aromatic rings. The smallest absolute Gasteiger partial charge is 0.191 e. The van der Waals surface area contributed by atoms with Gasteiger partial charge in [-0.3, -0.25) is 4.90 Å². The highest BCUT2D eigenvalue weighted by atomic mass is 28.4. The fourth-order valence-corrected chi connectivity index (χ4v) is 4.38. The highest BCUT2D eigenvalue weighted by Gasteiger charge is 2.39. The van der Waals surface area contributed by atoms with E-state index < -0.39 is 8.32 Å². The van der Waals surface area contributed by atoms with Crippen molar-refractivity contribution in [1.29, 1.82) is 0 Å². The van der Waals surface area contributed by atoms with E-state index in [4.69, 9.17) is 4.43 Å². The zero-order valence-corrected chi connectivity index (χ0v) is 17.1. The van der Waals surface area contributed by atoms with E-state index in [-0.39, 0.29) is 0 Å². The summed E-state index contributed by atoms with van der Waals surface area (Å²) in [5, 5.41) is 0.300. The molecule has 3 heteroatoms. The molecule has 23 heavy (non-hydrogen) atoms. The minimum absolute atomic E-state index is 0.300. The Hall–Kier alpha value is -0.643. The molecule has 0 N–H and O–H groups in total. The van der Waals surface area contributed by atoms with Gasteiger partial charge >= 0.3 is 0 Å². The Labute approximate surface area is 144 Å². The second kappa shape index (κ2) is 7.08. The van der Waals surface area contributed by atoms with Gasteiger partial charge in [0.2, 0.25) is 0 Å². The fraction of sp³-hybridized carbons (Fsp3) is 0.700. The second-order valence-corrected chi connectivity index (χ2v) is 13.6. The Morgan fingerprint density at radius 3 is 2.39 bits per heavy atom. The van der Waals surface area contributed by atoms with Crippen LogP contribution < -0.4 is 0 Å². The van der Waals surface area contributed by atoms with Crippen LogP contribution in [0, 0.1) is 5.92 Å².